The van der Waals surface area contributed by atoms with Crippen molar-refractivity contribution < 1.29 is 0 Å². The van der Waals surface area contributed by atoms with Gasteiger partial charge in [0.25, 0.3) is 0 Å². The number of rotatable bonds is 4. The highest BCUT2D eigenvalue weighted by Gasteiger charge is 2.14. The number of hydrogen-bond acceptors (Lipinski definition) is 6. The van der Waals surface area contributed by atoms with Gasteiger partial charge in [0.05, 0.1) is 11.9 Å². The van der Waals surface area contributed by atoms with Gasteiger partial charge in [-0.2, -0.15) is 0 Å². The maximum absolute atomic E-state index is 5.83. The molecule has 1 radical (unpaired) electrons. The molecule has 101 valence electrons. The number of imidazole rings is 1. The van der Waals surface area contributed by atoms with E-state index >= 15 is 0 Å². The molecule has 8 heteroatoms. The van der Waals surface area contributed by atoms with E-state index in [0.717, 1.165) is 5.69 Å². The zero-order valence-electron chi connectivity index (χ0n) is 10.5. The highest BCUT2D eigenvalue weighted by atomic mass is 32.1. The molecule has 0 amide bonds. The number of hydrogen-bond donors (Lipinski definition) is 2. The van der Waals surface area contributed by atoms with E-state index in [1.54, 1.807) is 12.4 Å². The van der Waals surface area contributed by atoms with E-state index in [-0.39, 0.29) is 0 Å². The Morgan fingerprint density at radius 1 is 1.35 bits per heavy atom. The summed E-state index contributed by atoms with van der Waals surface area (Å²) in [5, 5.41) is 3.19. The van der Waals surface area contributed by atoms with Gasteiger partial charge in [0.15, 0.2) is 17.0 Å². The first kappa shape index (κ1) is 12.7. The van der Waals surface area contributed by atoms with Crippen LogP contribution >= 0.6 is 12.6 Å². The molecule has 0 atom stereocenters. The average molecular weight is 286 g/mol. The Hall–Kier alpha value is -2.35. The summed E-state index contributed by atoms with van der Waals surface area (Å²) in [6.07, 6.45) is 4.85. The lowest BCUT2D eigenvalue weighted by atomic mass is 10.4. The maximum atomic E-state index is 5.83. The van der Waals surface area contributed by atoms with Crippen LogP contribution in [0.1, 0.15) is 0 Å². The van der Waals surface area contributed by atoms with Gasteiger partial charge in [-0.3, -0.25) is 9.55 Å². The van der Waals surface area contributed by atoms with Crippen LogP contribution in [0.3, 0.4) is 0 Å². The Morgan fingerprint density at radius 3 is 3.00 bits per heavy atom. The van der Waals surface area contributed by atoms with Crippen LogP contribution in [0.2, 0.25) is 0 Å². The number of nitrogens with two attached hydrogens (primary N) is 1. The summed E-state index contributed by atoms with van der Waals surface area (Å²) in [7, 11) is 0. The van der Waals surface area contributed by atoms with Crippen LogP contribution in [0.4, 0.5) is 17.5 Å². The number of nitrogens with one attached hydrogen (secondary N) is 1. The molecule has 0 aliphatic heterocycles. The molecule has 0 saturated heterocycles. The first-order chi connectivity index (χ1) is 9.79. The predicted molar refractivity (Wildman–Crippen MR) is 79.7 cm³/mol. The topological polar surface area (TPSA) is 94.5 Å². The summed E-state index contributed by atoms with van der Waals surface area (Å²) < 4.78 is 1.90. The monoisotopic (exact) mass is 286 g/mol. The Morgan fingerprint density at radius 2 is 2.25 bits per heavy atom. The van der Waals surface area contributed by atoms with Gasteiger partial charge >= 0.3 is 0 Å². The second-order valence-electron chi connectivity index (χ2n) is 4.09. The summed E-state index contributed by atoms with van der Waals surface area (Å²) in [5.74, 6) is 1.54. The molecule has 0 aliphatic carbocycles. The summed E-state index contributed by atoms with van der Waals surface area (Å²) in [4.78, 5) is 16.7. The lowest BCUT2D eigenvalue weighted by molar-refractivity contribution is 0.798. The van der Waals surface area contributed by atoms with Crippen molar-refractivity contribution in [2.45, 2.75) is 6.54 Å². The number of nitrogens with zero attached hydrogens (tertiary/aromatic N) is 5. The summed E-state index contributed by atoms with van der Waals surface area (Å²) in [6, 6.07) is 3.75. The molecule has 7 nitrogen and oxygen atoms in total. The van der Waals surface area contributed by atoms with Gasteiger partial charge in [-0.25, -0.2) is 15.0 Å². The minimum Gasteiger partial charge on any atom is -0.382 e. The molecular formula is C12H12N7S. The number of anilines is 3. The van der Waals surface area contributed by atoms with Gasteiger partial charge in [-0.1, -0.05) is 12.6 Å². The van der Waals surface area contributed by atoms with Crippen LogP contribution in [0.5, 0.6) is 0 Å². The van der Waals surface area contributed by atoms with Gasteiger partial charge in [-0.05, 0) is 12.1 Å². The van der Waals surface area contributed by atoms with Crippen LogP contribution in [-0.2, 0) is 6.54 Å². The Bertz CT molecular complexity index is 725. The highest BCUT2D eigenvalue weighted by Crippen LogP contribution is 2.23. The largest absolute Gasteiger partial charge is 0.382 e. The summed E-state index contributed by atoms with van der Waals surface area (Å²) >= 11 is 5.06. The number of nitrogen functional groups attached to an aromatic ring is 1. The van der Waals surface area contributed by atoms with Crippen molar-refractivity contribution in [1.82, 2.24) is 24.5 Å². The highest BCUT2D eigenvalue weighted by molar-refractivity contribution is 7.80. The van der Waals surface area contributed by atoms with E-state index < -0.39 is 0 Å². The molecule has 0 aromatic carbocycles. The smallest absolute Gasteiger partial charge is 0.209 e. The summed E-state index contributed by atoms with van der Waals surface area (Å²) in [6.45, 7) is 0.616. The molecule has 0 fully saturated rings. The number of fused-ring (bicyclic) bond motifs is 1. The van der Waals surface area contributed by atoms with Crippen molar-refractivity contribution >= 4 is 41.2 Å². The van der Waals surface area contributed by atoms with Crippen LogP contribution in [-0.4, -0.2) is 30.3 Å². The first-order valence-electron chi connectivity index (χ1n) is 6.01. The van der Waals surface area contributed by atoms with Crippen LogP contribution in [0.15, 0.2) is 30.9 Å². The van der Waals surface area contributed by atoms with Crippen molar-refractivity contribution in [2.75, 3.05) is 16.8 Å². The molecule has 0 aliphatic rings. The zero-order chi connectivity index (χ0) is 13.9. The van der Waals surface area contributed by atoms with Crippen LogP contribution in [0, 0.1) is 0 Å². The predicted octanol–water partition coefficient (Wildman–Crippen LogP) is 1.74. The Balaban J connectivity index is 2.09. The second-order valence-corrected chi connectivity index (χ2v) is 4.50. The van der Waals surface area contributed by atoms with E-state index in [2.05, 4.69) is 25.3 Å². The first-order valence-corrected chi connectivity index (χ1v) is 6.59. The fourth-order valence-electron chi connectivity index (χ4n) is 1.92. The van der Waals surface area contributed by atoms with Crippen molar-refractivity contribution in [3.63, 3.8) is 0 Å². The van der Waals surface area contributed by atoms with E-state index in [4.69, 9.17) is 18.4 Å². The maximum Gasteiger partial charge on any atom is 0.209 e. The molecule has 0 unspecified atom stereocenters. The number of aromatic nitrogens is 5. The molecular weight excluding hydrogens is 274 g/mol. The van der Waals surface area contributed by atoms with E-state index in [0.29, 0.717) is 35.2 Å². The van der Waals surface area contributed by atoms with Crippen molar-refractivity contribution in [2.24, 2.45) is 0 Å². The van der Waals surface area contributed by atoms with Gasteiger partial charge in [0.1, 0.15) is 6.33 Å². The normalized spacial score (nSPS) is 10.8. The van der Waals surface area contributed by atoms with Gasteiger partial charge in [0, 0.05) is 18.5 Å². The molecule has 0 spiro atoms. The van der Waals surface area contributed by atoms with E-state index in [9.17, 15) is 0 Å². The third kappa shape index (κ3) is 2.25. The Kier molecular flexibility index (Phi) is 3.38. The van der Waals surface area contributed by atoms with Crippen LogP contribution in [0.25, 0.3) is 11.2 Å². The number of pyridine rings is 1. The molecule has 0 bridgehead atoms. The molecule has 3 rings (SSSR count). The van der Waals surface area contributed by atoms with E-state index in [1.807, 2.05) is 16.7 Å². The third-order valence-corrected chi connectivity index (χ3v) is 2.98. The van der Waals surface area contributed by atoms with Crippen molar-refractivity contribution in [1.29, 1.82) is 0 Å². The van der Waals surface area contributed by atoms with Gasteiger partial charge in [0.2, 0.25) is 5.95 Å². The molecule has 0 saturated carbocycles. The Labute approximate surface area is 120 Å². The molecule has 3 heterocycles. The number of aryl methyl sites for hydroxylation is 1. The lowest BCUT2D eigenvalue weighted by Gasteiger charge is -2.08. The lowest BCUT2D eigenvalue weighted by Crippen LogP contribution is -2.06. The zero-order valence-corrected chi connectivity index (χ0v) is 11.3. The molecule has 20 heavy (non-hydrogen) atoms. The standard InChI is InChI=1S/C12H12N7S/c13-10-9-11(16-7-15-10)19(4-5-20)12(18-9)17-8-2-1-3-14-6-8/h1-3,6-7H,4-5H2,(H,17,18)(H2,13,15,16). The van der Waals surface area contributed by atoms with E-state index in [1.165, 1.54) is 6.33 Å². The third-order valence-electron chi connectivity index (χ3n) is 2.79. The van der Waals surface area contributed by atoms with Crippen LogP contribution < -0.4 is 11.1 Å². The minimum absolute atomic E-state index is 0.354. The summed E-state index contributed by atoms with van der Waals surface area (Å²) in [5.41, 5.74) is 7.91. The van der Waals surface area contributed by atoms with Crippen molar-refractivity contribution in [3.05, 3.63) is 30.9 Å². The fourth-order valence-corrected chi connectivity index (χ4v) is 2.10. The molecule has 3 N–H and O–H groups in total. The molecule has 3 aromatic heterocycles. The van der Waals surface area contributed by atoms with Gasteiger partial charge < -0.3 is 11.1 Å². The van der Waals surface area contributed by atoms with Crippen molar-refractivity contribution in [3.8, 4) is 0 Å². The second kappa shape index (κ2) is 5.33. The van der Waals surface area contributed by atoms with Gasteiger partial charge in [-0.15, -0.1) is 0 Å². The molecule has 3 aromatic rings. The average Bonchev–Trinajstić information content (AvgIpc) is 2.80. The minimum atomic E-state index is 0.354. The SMILES string of the molecule is Nc1ncnc2c1nc(Nc1cccnc1)n2CC[S]. The fraction of sp³-hybridized carbons (Fsp3) is 0.167. The quantitative estimate of drug-likeness (QED) is 0.758.